The Bertz CT molecular complexity index is 445. The molecule has 5 nitrogen and oxygen atoms in total. The fourth-order valence-electron chi connectivity index (χ4n) is 3.28. The average Bonchev–Trinajstić information content (AvgIpc) is 2.64. The zero-order valence-corrected chi connectivity index (χ0v) is 12.4. The van der Waals surface area contributed by atoms with Gasteiger partial charge in [0.15, 0.2) is 0 Å². The Morgan fingerprint density at radius 1 is 1.30 bits per heavy atom. The Morgan fingerprint density at radius 2 is 1.95 bits per heavy atom. The highest BCUT2D eigenvalue weighted by Gasteiger charge is 2.52. The number of nitrogens with zero attached hydrogens (tertiary/aromatic N) is 2. The second-order valence-electron chi connectivity index (χ2n) is 6.60. The van der Waals surface area contributed by atoms with Gasteiger partial charge >= 0.3 is 6.03 Å². The molecule has 1 spiro atoms. The van der Waals surface area contributed by atoms with Crippen molar-refractivity contribution in [3.05, 3.63) is 0 Å². The maximum atomic E-state index is 12.2. The van der Waals surface area contributed by atoms with Crippen LogP contribution in [0.2, 0.25) is 0 Å². The molecule has 0 aromatic rings. The number of rotatable bonds is 4. The van der Waals surface area contributed by atoms with E-state index in [1.807, 2.05) is 13.8 Å². The van der Waals surface area contributed by atoms with Crippen LogP contribution in [0.4, 0.5) is 4.79 Å². The fourth-order valence-corrected chi connectivity index (χ4v) is 3.28. The summed E-state index contributed by atoms with van der Waals surface area (Å²) in [7, 11) is 0. The lowest BCUT2D eigenvalue weighted by atomic mass is 9.80. The number of carbonyl (C=O) groups excluding carboxylic acids is 2. The predicted octanol–water partition coefficient (Wildman–Crippen LogP) is 2.57. The first kappa shape index (κ1) is 14.8. The van der Waals surface area contributed by atoms with E-state index in [0.29, 0.717) is 6.54 Å². The fraction of sp³-hybridized carbons (Fsp3) is 0.800. The standard InChI is InChI=1S/C15H23N3O2/c1-14(2,11-16)7-6-10-18-13(20)17-12(19)15(18)8-4-3-5-9-15/h3-10H2,1-2H3,(H,17,19,20). The van der Waals surface area contributed by atoms with Crippen molar-refractivity contribution >= 4 is 11.9 Å². The van der Waals surface area contributed by atoms with Crippen LogP contribution in [0.15, 0.2) is 0 Å². The van der Waals surface area contributed by atoms with Crippen molar-refractivity contribution in [1.29, 1.82) is 5.26 Å². The smallest absolute Gasteiger partial charge is 0.310 e. The van der Waals surface area contributed by atoms with Crippen molar-refractivity contribution in [1.82, 2.24) is 10.2 Å². The number of nitrogens with one attached hydrogen (secondary N) is 1. The van der Waals surface area contributed by atoms with Crippen molar-refractivity contribution in [2.75, 3.05) is 6.54 Å². The van der Waals surface area contributed by atoms with Crippen LogP contribution in [0.1, 0.15) is 58.8 Å². The molecule has 1 aliphatic heterocycles. The quantitative estimate of drug-likeness (QED) is 0.803. The zero-order valence-electron chi connectivity index (χ0n) is 12.4. The highest BCUT2D eigenvalue weighted by molar-refractivity contribution is 6.07. The first-order chi connectivity index (χ1) is 9.41. The average molecular weight is 277 g/mol. The third-order valence-corrected chi connectivity index (χ3v) is 4.57. The van der Waals surface area contributed by atoms with Crippen LogP contribution in [-0.4, -0.2) is 28.9 Å². The van der Waals surface area contributed by atoms with Crippen molar-refractivity contribution in [3.63, 3.8) is 0 Å². The van der Waals surface area contributed by atoms with Crippen molar-refractivity contribution in [2.24, 2.45) is 5.41 Å². The van der Waals surface area contributed by atoms with Crippen molar-refractivity contribution < 1.29 is 9.59 Å². The van der Waals surface area contributed by atoms with Crippen LogP contribution < -0.4 is 5.32 Å². The molecule has 2 rings (SSSR count). The lowest BCUT2D eigenvalue weighted by Crippen LogP contribution is -2.51. The Labute approximate surface area is 120 Å². The van der Waals surface area contributed by atoms with E-state index < -0.39 is 5.54 Å². The molecule has 0 aromatic carbocycles. The summed E-state index contributed by atoms with van der Waals surface area (Å²) < 4.78 is 0. The van der Waals surface area contributed by atoms with Crippen LogP contribution in [0.3, 0.4) is 0 Å². The Hall–Kier alpha value is -1.57. The SMILES string of the molecule is CC(C)(C#N)CCCN1C(=O)NC(=O)C12CCCCC2. The van der Waals surface area contributed by atoms with Gasteiger partial charge in [0, 0.05) is 6.54 Å². The van der Waals surface area contributed by atoms with Gasteiger partial charge < -0.3 is 4.90 Å². The number of nitriles is 1. The molecule has 20 heavy (non-hydrogen) atoms. The maximum absolute atomic E-state index is 12.2. The third kappa shape index (κ3) is 2.65. The minimum atomic E-state index is -0.605. The van der Waals surface area contributed by atoms with Crippen LogP contribution in [-0.2, 0) is 4.79 Å². The first-order valence-corrected chi connectivity index (χ1v) is 7.46. The minimum absolute atomic E-state index is 0.123. The molecule has 0 atom stereocenters. The van der Waals surface area contributed by atoms with Gasteiger partial charge in [-0.3, -0.25) is 10.1 Å². The topological polar surface area (TPSA) is 73.2 Å². The lowest BCUT2D eigenvalue weighted by Gasteiger charge is -2.38. The molecule has 1 heterocycles. The van der Waals surface area contributed by atoms with Crippen LogP contribution >= 0.6 is 0 Å². The van der Waals surface area contributed by atoms with Crippen LogP contribution in [0.25, 0.3) is 0 Å². The number of hydrogen-bond donors (Lipinski definition) is 1. The van der Waals surface area contributed by atoms with E-state index in [4.69, 9.17) is 5.26 Å². The molecule has 2 aliphatic rings. The first-order valence-electron chi connectivity index (χ1n) is 7.46. The summed E-state index contributed by atoms with van der Waals surface area (Å²) in [4.78, 5) is 25.9. The summed E-state index contributed by atoms with van der Waals surface area (Å²) in [5, 5.41) is 11.5. The van der Waals surface area contributed by atoms with Gasteiger partial charge in [-0.2, -0.15) is 5.26 Å². The van der Waals surface area contributed by atoms with Crippen LogP contribution in [0, 0.1) is 16.7 Å². The van der Waals surface area contributed by atoms with Crippen molar-refractivity contribution in [2.45, 2.75) is 64.3 Å². The van der Waals surface area contributed by atoms with E-state index >= 15 is 0 Å². The Balaban J connectivity index is 2.03. The summed E-state index contributed by atoms with van der Waals surface area (Å²) in [5.41, 5.74) is -0.980. The second-order valence-corrected chi connectivity index (χ2v) is 6.60. The molecule has 0 unspecified atom stereocenters. The molecule has 1 saturated heterocycles. The molecule has 2 fully saturated rings. The second kappa shape index (κ2) is 5.43. The molecule has 5 heteroatoms. The molecule has 1 aliphatic carbocycles. The van der Waals surface area contributed by atoms with E-state index in [9.17, 15) is 9.59 Å². The normalized spacial score (nSPS) is 21.9. The maximum Gasteiger partial charge on any atom is 0.325 e. The van der Waals surface area contributed by atoms with Gasteiger partial charge in [0.1, 0.15) is 5.54 Å². The molecule has 0 bridgehead atoms. The minimum Gasteiger partial charge on any atom is -0.310 e. The number of amides is 3. The van der Waals surface area contributed by atoms with Gasteiger partial charge in [-0.15, -0.1) is 0 Å². The van der Waals surface area contributed by atoms with E-state index in [2.05, 4.69) is 11.4 Å². The molecule has 1 N–H and O–H groups in total. The molecular formula is C15H23N3O2. The number of hydrogen-bond acceptors (Lipinski definition) is 3. The van der Waals surface area contributed by atoms with E-state index in [0.717, 1.165) is 44.9 Å². The van der Waals surface area contributed by atoms with E-state index in [1.165, 1.54) is 0 Å². The molecule has 0 aromatic heterocycles. The summed E-state index contributed by atoms with van der Waals surface area (Å²) in [5.74, 6) is -0.123. The Kier molecular flexibility index (Phi) is 4.03. The largest absolute Gasteiger partial charge is 0.325 e. The summed E-state index contributed by atoms with van der Waals surface area (Å²) in [6.07, 6.45) is 6.17. The van der Waals surface area contributed by atoms with E-state index in [-0.39, 0.29) is 17.4 Å². The van der Waals surface area contributed by atoms with Gasteiger partial charge in [0.05, 0.1) is 11.5 Å². The zero-order chi connectivity index (χ0) is 14.8. The van der Waals surface area contributed by atoms with Gasteiger partial charge in [0.2, 0.25) is 0 Å². The molecule has 0 radical (unpaired) electrons. The van der Waals surface area contributed by atoms with Gasteiger partial charge in [0.25, 0.3) is 5.91 Å². The Morgan fingerprint density at radius 3 is 2.55 bits per heavy atom. The summed E-state index contributed by atoms with van der Waals surface area (Å²) >= 11 is 0. The van der Waals surface area contributed by atoms with E-state index in [1.54, 1.807) is 4.90 Å². The number of carbonyl (C=O) groups is 2. The lowest BCUT2D eigenvalue weighted by molar-refractivity contribution is -0.128. The highest BCUT2D eigenvalue weighted by Crippen LogP contribution is 2.37. The van der Waals surface area contributed by atoms with Crippen molar-refractivity contribution in [3.8, 4) is 6.07 Å². The third-order valence-electron chi connectivity index (χ3n) is 4.57. The van der Waals surface area contributed by atoms with Gasteiger partial charge in [-0.25, -0.2) is 4.79 Å². The van der Waals surface area contributed by atoms with Crippen LogP contribution in [0.5, 0.6) is 0 Å². The number of imide groups is 1. The molecule has 110 valence electrons. The number of urea groups is 1. The van der Waals surface area contributed by atoms with Gasteiger partial charge in [-0.05, 0) is 39.5 Å². The molecule has 3 amide bonds. The predicted molar refractivity (Wildman–Crippen MR) is 74.7 cm³/mol. The highest BCUT2D eigenvalue weighted by atomic mass is 16.2. The van der Waals surface area contributed by atoms with Gasteiger partial charge in [-0.1, -0.05) is 19.3 Å². The molecule has 1 saturated carbocycles. The monoisotopic (exact) mass is 277 g/mol. The summed E-state index contributed by atoms with van der Waals surface area (Å²) in [6.45, 7) is 4.36. The summed E-state index contributed by atoms with van der Waals surface area (Å²) in [6, 6.07) is 2.01. The molecular weight excluding hydrogens is 254 g/mol.